The van der Waals surface area contributed by atoms with Gasteiger partial charge in [0.2, 0.25) is 11.8 Å². The summed E-state index contributed by atoms with van der Waals surface area (Å²) in [4.78, 5) is 8.59. The molecule has 1 rings (SSSR count). The second-order valence-corrected chi connectivity index (χ2v) is 4.46. The van der Waals surface area contributed by atoms with Gasteiger partial charge in [0.1, 0.15) is 0 Å². The van der Waals surface area contributed by atoms with Crippen molar-refractivity contribution in [2.45, 2.75) is 27.2 Å². The van der Waals surface area contributed by atoms with E-state index >= 15 is 0 Å². The second kappa shape index (κ2) is 8.48. The molecule has 5 heteroatoms. The van der Waals surface area contributed by atoms with Gasteiger partial charge in [-0.1, -0.05) is 19.1 Å². The Labute approximate surface area is 115 Å². The van der Waals surface area contributed by atoms with Crippen LogP contribution in [0.5, 0.6) is 5.88 Å². The average molecular weight is 265 g/mol. The molecule has 0 amide bonds. The highest BCUT2D eigenvalue weighted by Crippen LogP contribution is 2.11. The highest BCUT2D eigenvalue weighted by molar-refractivity contribution is 5.30. The maximum Gasteiger partial charge on any atom is 0.226 e. The number of aromatic nitrogens is 2. The van der Waals surface area contributed by atoms with E-state index in [0.717, 1.165) is 17.7 Å². The first-order chi connectivity index (χ1) is 9.11. The Morgan fingerprint density at radius 1 is 1.37 bits per heavy atom. The SMILES string of the molecule is C=C(C)COCCNc1nc(C)cc(OCCC)n1. The third kappa shape index (κ3) is 6.76. The fraction of sp³-hybridized carbons (Fsp3) is 0.571. The van der Waals surface area contributed by atoms with Gasteiger partial charge in [0.25, 0.3) is 0 Å². The molecule has 106 valence electrons. The summed E-state index contributed by atoms with van der Waals surface area (Å²) in [5.74, 6) is 1.18. The number of aryl methyl sites for hydroxylation is 1. The summed E-state index contributed by atoms with van der Waals surface area (Å²) in [5.41, 5.74) is 1.90. The lowest BCUT2D eigenvalue weighted by Crippen LogP contribution is -2.13. The van der Waals surface area contributed by atoms with Crippen molar-refractivity contribution in [1.29, 1.82) is 0 Å². The third-order valence-corrected chi connectivity index (χ3v) is 2.16. The van der Waals surface area contributed by atoms with E-state index in [2.05, 4.69) is 28.8 Å². The van der Waals surface area contributed by atoms with Crippen LogP contribution in [-0.4, -0.2) is 36.3 Å². The van der Waals surface area contributed by atoms with E-state index in [1.54, 1.807) is 0 Å². The van der Waals surface area contributed by atoms with Gasteiger partial charge in [-0.15, -0.1) is 0 Å². The molecular weight excluding hydrogens is 242 g/mol. The van der Waals surface area contributed by atoms with Crippen molar-refractivity contribution in [3.8, 4) is 5.88 Å². The Kier molecular flexibility index (Phi) is 6.89. The summed E-state index contributed by atoms with van der Waals surface area (Å²) in [6, 6.07) is 1.83. The normalized spacial score (nSPS) is 10.3. The summed E-state index contributed by atoms with van der Waals surface area (Å²) in [7, 11) is 0. The van der Waals surface area contributed by atoms with Crippen LogP contribution < -0.4 is 10.1 Å². The van der Waals surface area contributed by atoms with Crippen LogP contribution in [0.1, 0.15) is 26.0 Å². The molecule has 0 fully saturated rings. The number of hydrogen-bond donors (Lipinski definition) is 1. The molecule has 0 spiro atoms. The second-order valence-electron chi connectivity index (χ2n) is 4.46. The minimum atomic E-state index is 0.574. The van der Waals surface area contributed by atoms with Crippen molar-refractivity contribution in [3.63, 3.8) is 0 Å². The first-order valence-electron chi connectivity index (χ1n) is 6.56. The quantitative estimate of drug-likeness (QED) is 0.549. The van der Waals surface area contributed by atoms with Crippen molar-refractivity contribution in [2.24, 2.45) is 0 Å². The Hall–Kier alpha value is -1.62. The number of nitrogens with one attached hydrogen (secondary N) is 1. The molecule has 0 saturated heterocycles. The molecule has 0 aliphatic heterocycles. The number of rotatable bonds is 9. The molecule has 5 nitrogen and oxygen atoms in total. The zero-order chi connectivity index (χ0) is 14.1. The minimum Gasteiger partial charge on any atom is -0.478 e. The average Bonchev–Trinajstić information content (AvgIpc) is 2.35. The van der Waals surface area contributed by atoms with E-state index in [0.29, 0.717) is 38.2 Å². The van der Waals surface area contributed by atoms with Gasteiger partial charge in [0, 0.05) is 18.3 Å². The monoisotopic (exact) mass is 265 g/mol. The summed E-state index contributed by atoms with van der Waals surface area (Å²) >= 11 is 0. The van der Waals surface area contributed by atoms with Gasteiger partial charge in [-0.2, -0.15) is 4.98 Å². The molecule has 1 aromatic rings. The highest BCUT2D eigenvalue weighted by Gasteiger charge is 2.02. The lowest BCUT2D eigenvalue weighted by Gasteiger charge is -2.09. The van der Waals surface area contributed by atoms with Gasteiger partial charge < -0.3 is 14.8 Å². The molecule has 1 aromatic heterocycles. The summed E-state index contributed by atoms with van der Waals surface area (Å²) < 4.78 is 10.9. The largest absolute Gasteiger partial charge is 0.478 e. The Morgan fingerprint density at radius 3 is 2.84 bits per heavy atom. The fourth-order valence-corrected chi connectivity index (χ4v) is 1.38. The van der Waals surface area contributed by atoms with Crippen LogP contribution in [0.15, 0.2) is 18.2 Å². The summed E-state index contributed by atoms with van der Waals surface area (Å²) in [6.07, 6.45) is 0.959. The molecule has 0 aromatic carbocycles. The van der Waals surface area contributed by atoms with E-state index in [9.17, 15) is 0 Å². The first kappa shape index (κ1) is 15.4. The Balaban J connectivity index is 2.40. The van der Waals surface area contributed by atoms with Crippen LogP contribution in [0.2, 0.25) is 0 Å². The molecule has 0 atom stereocenters. The molecular formula is C14H23N3O2. The van der Waals surface area contributed by atoms with Gasteiger partial charge in [0.05, 0.1) is 19.8 Å². The van der Waals surface area contributed by atoms with Crippen molar-refractivity contribution in [2.75, 3.05) is 31.7 Å². The number of ether oxygens (including phenoxy) is 2. The van der Waals surface area contributed by atoms with Gasteiger partial charge in [-0.25, -0.2) is 4.98 Å². The number of hydrogen-bond acceptors (Lipinski definition) is 5. The summed E-state index contributed by atoms with van der Waals surface area (Å²) in [5, 5.41) is 3.12. The van der Waals surface area contributed by atoms with Crippen molar-refractivity contribution < 1.29 is 9.47 Å². The maximum absolute atomic E-state index is 5.50. The molecule has 0 saturated carbocycles. The van der Waals surface area contributed by atoms with Crippen LogP contribution in [0.3, 0.4) is 0 Å². The molecule has 0 aliphatic rings. The first-order valence-corrected chi connectivity index (χ1v) is 6.56. The molecule has 0 radical (unpaired) electrons. The van der Waals surface area contributed by atoms with Crippen LogP contribution in [0, 0.1) is 6.92 Å². The fourth-order valence-electron chi connectivity index (χ4n) is 1.38. The molecule has 0 unspecified atom stereocenters. The molecule has 19 heavy (non-hydrogen) atoms. The lowest BCUT2D eigenvalue weighted by atomic mass is 10.4. The molecule has 1 N–H and O–H groups in total. The number of nitrogens with zero attached hydrogens (tertiary/aromatic N) is 2. The standard InChI is InChI=1S/C14H23N3O2/c1-5-7-19-13-9-12(4)16-14(17-13)15-6-8-18-10-11(2)3/h9H,2,5-8,10H2,1,3-4H3,(H,15,16,17). The van der Waals surface area contributed by atoms with E-state index in [4.69, 9.17) is 9.47 Å². The van der Waals surface area contributed by atoms with Gasteiger partial charge in [-0.05, 0) is 20.3 Å². The van der Waals surface area contributed by atoms with E-state index in [1.807, 2.05) is 19.9 Å². The van der Waals surface area contributed by atoms with Crippen LogP contribution >= 0.6 is 0 Å². The van der Waals surface area contributed by atoms with Crippen LogP contribution in [0.25, 0.3) is 0 Å². The topological polar surface area (TPSA) is 56.3 Å². The van der Waals surface area contributed by atoms with E-state index < -0.39 is 0 Å². The van der Waals surface area contributed by atoms with Crippen molar-refractivity contribution in [3.05, 3.63) is 23.9 Å². The number of anilines is 1. The molecule has 0 bridgehead atoms. The molecule has 1 heterocycles. The highest BCUT2D eigenvalue weighted by atomic mass is 16.5. The minimum absolute atomic E-state index is 0.574. The van der Waals surface area contributed by atoms with Crippen LogP contribution in [0.4, 0.5) is 5.95 Å². The zero-order valence-electron chi connectivity index (χ0n) is 12.0. The predicted octanol–water partition coefficient (Wildman–Crippen LogP) is 2.58. The van der Waals surface area contributed by atoms with Gasteiger partial charge in [0.15, 0.2) is 0 Å². The predicted molar refractivity (Wildman–Crippen MR) is 76.7 cm³/mol. The Morgan fingerprint density at radius 2 is 2.16 bits per heavy atom. The van der Waals surface area contributed by atoms with Crippen molar-refractivity contribution in [1.82, 2.24) is 9.97 Å². The lowest BCUT2D eigenvalue weighted by molar-refractivity contribution is 0.167. The zero-order valence-corrected chi connectivity index (χ0v) is 12.0. The Bertz CT molecular complexity index is 408. The van der Waals surface area contributed by atoms with E-state index in [-0.39, 0.29) is 0 Å². The maximum atomic E-state index is 5.50. The summed E-state index contributed by atoms with van der Waals surface area (Å²) in [6.45, 7) is 12.2. The van der Waals surface area contributed by atoms with Crippen molar-refractivity contribution >= 4 is 5.95 Å². The van der Waals surface area contributed by atoms with Gasteiger partial charge >= 0.3 is 0 Å². The molecule has 0 aliphatic carbocycles. The third-order valence-electron chi connectivity index (χ3n) is 2.16. The van der Waals surface area contributed by atoms with Crippen LogP contribution in [-0.2, 0) is 4.74 Å². The smallest absolute Gasteiger partial charge is 0.226 e. The van der Waals surface area contributed by atoms with E-state index in [1.165, 1.54) is 0 Å². The van der Waals surface area contributed by atoms with Gasteiger partial charge in [-0.3, -0.25) is 0 Å².